The average molecular weight is 331 g/mol. The smallest absolute Gasteiger partial charge is 0.160 e. The normalized spacial score (nSPS) is 11.4. The van der Waals surface area contributed by atoms with Crippen LogP contribution < -0.4 is 5.73 Å². The van der Waals surface area contributed by atoms with Crippen LogP contribution in [-0.4, -0.2) is 14.5 Å². The fourth-order valence-electron chi connectivity index (χ4n) is 2.35. The van der Waals surface area contributed by atoms with Gasteiger partial charge in [0, 0.05) is 10.5 Å². The minimum absolute atomic E-state index is 0.291. The molecule has 0 atom stereocenters. The van der Waals surface area contributed by atoms with Crippen LogP contribution in [0.1, 0.15) is 19.9 Å². The lowest BCUT2D eigenvalue weighted by Crippen LogP contribution is -2.04. The number of hydrogen-bond acceptors (Lipinski definition) is 3. The lowest BCUT2D eigenvalue weighted by Gasteiger charge is -2.12. The summed E-state index contributed by atoms with van der Waals surface area (Å²) in [5.41, 5.74) is 8.63. The molecule has 102 valence electrons. The predicted octanol–water partition coefficient (Wildman–Crippen LogP) is 4.02. The molecule has 0 saturated carbocycles. The van der Waals surface area contributed by atoms with Gasteiger partial charge in [0.25, 0.3) is 0 Å². The van der Waals surface area contributed by atoms with E-state index in [4.69, 9.17) is 10.7 Å². The van der Waals surface area contributed by atoms with Crippen molar-refractivity contribution in [3.05, 3.63) is 40.9 Å². The molecule has 2 aromatic heterocycles. The number of nitrogens with two attached hydrogens (primary N) is 1. The Hall–Kier alpha value is -1.88. The molecule has 4 nitrogen and oxygen atoms in total. The lowest BCUT2D eigenvalue weighted by molar-refractivity contribution is 0.623. The Balaban J connectivity index is 2.32. The zero-order valence-electron chi connectivity index (χ0n) is 11.3. The van der Waals surface area contributed by atoms with Crippen molar-refractivity contribution in [3.8, 4) is 11.5 Å². The summed E-state index contributed by atoms with van der Waals surface area (Å²) in [6.07, 6.45) is 0. The van der Waals surface area contributed by atoms with Crippen LogP contribution in [0, 0.1) is 0 Å². The molecule has 3 rings (SSSR count). The minimum atomic E-state index is 0.291. The van der Waals surface area contributed by atoms with Crippen molar-refractivity contribution >= 4 is 32.8 Å². The maximum Gasteiger partial charge on any atom is 0.160 e. The second-order valence-electron chi connectivity index (χ2n) is 4.98. The summed E-state index contributed by atoms with van der Waals surface area (Å²) in [5, 5.41) is 0. The quantitative estimate of drug-likeness (QED) is 0.771. The van der Waals surface area contributed by atoms with Crippen molar-refractivity contribution in [1.82, 2.24) is 14.5 Å². The van der Waals surface area contributed by atoms with Crippen LogP contribution in [0.5, 0.6) is 0 Å². The molecule has 0 fully saturated rings. The number of anilines is 1. The Labute approximate surface area is 125 Å². The van der Waals surface area contributed by atoms with Crippen molar-refractivity contribution in [2.24, 2.45) is 0 Å². The Kier molecular flexibility index (Phi) is 3.22. The SMILES string of the molecule is CC(C)n1c(-c2cccc(N)n2)nc2cc(Br)ccc21. The van der Waals surface area contributed by atoms with Gasteiger partial charge in [-0.15, -0.1) is 0 Å². The van der Waals surface area contributed by atoms with Gasteiger partial charge in [-0.1, -0.05) is 22.0 Å². The Morgan fingerprint density at radius 1 is 1.15 bits per heavy atom. The number of imidazole rings is 1. The molecule has 0 aliphatic rings. The highest BCUT2D eigenvalue weighted by molar-refractivity contribution is 9.10. The number of aromatic nitrogens is 3. The van der Waals surface area contributed by atoms with Crippen LogP contribution >= 0.6 is 15.9 Å². The van der Waals surface area contributed by atoms with E-state index in [-0.39, 0.29) is 0 Å². The molecule has 0 aliphatic heterocycles. The fraction of sp³-hybridized carbons (Fsp3) is 0.200. The number of halogens is 1. The first-order chi connectivity index (χ1) is 9.56. The van der Waals surface area contributed by atoms with Crippen molar-refractivity contribution in [3.63, 3.8) is 0 Å². The zero-order chi connectivity index (χ0) is 14.3. The number of pyridine rings is 1. The Morgan fingerprint density at radius 2 is 1.95 bits per heavy atom. The van der Waals surface area contributed by atoms with E-state index in [2.05, 4.69) is 45.4 Å². The van der Waals surface area contributed by atoms with Crippen LogP contribution in [-0.2, 0) is 0 Å². The van der Waals surface area contributed by atoms with Crippen LogP contribution in [0.25, 0.3) is 22.6 Å². The highest BCUT2D eigenvalue weighted by atomic mass is 79.9. The summed E-state index contributed by atoms with van der Waals surface area (Å²) < 4.78 is 3.20. The predicted molar refractivity (Wildman–Crippen MR) is 85.5 cm³/mol. The van der Waals surface area contributed by atoms with E-state index >= 15 is 0 Å². The Morgan fingerprint density at radius 3 is 2.65 bits per heavy atom. The topological polar surface area (TPSA) is 56.7 Å². The first kappa shape index (κ1) is 13.1. The van der Waals surface area contributed by atoms with Gasteiger partial charge in [0.05, 0.1) is 11.0 Å². The molecule has 2 heterocycles. The second kappa shape index (κ2) is 4.90. The van der Waals surface area contributed by atoms with Crippen LogP contribution in [0.3, 0.4) is 0 Å². The van der Waals surface area contributed by atoms with Gasteiger partial charge in [-0.25, -0.2) is 9.97 Å². The molecule has 0 aliphatic carbocycles. The molecule has 0 radical (unpaired) electrons. The summed E-state index contributed by atoms with van der Waals surface area (Å²) in [7, 11) is 0. The van der Waals surface area contributed by atoms with E-state index in [0.29, 0.717) is 11.9 Å². The molecule has 0 amide bonds. The number of nitrogen functional groups attached to an aromatic ring is 1. The van der Waals surface area contributed by atoms with Gasteiger partial charge in [0.1, 0.15) is 11.5 Å². The average Bonchev–Trinajstić information content (AvgIpc) is 2.77. The van der Waals surface area contributed by atoms with Crippen LogP contribution in [0.2, 0.25) is 0 Å². The highest BCUT2D eigenvalue weighted by Gasteiger charge is 2.16. The van der Waals surface area contributed by atoms with Gasteiger partial charge < -0.3 is 10.3 Å². The van der Waals surface area contributed by atoms with Gasteiger partial charge in [-0.2, -0.15) is 0 Å². The number of rotatable bonds is 2. The molecule has 3 aromatic rings. The number of nitrogens with zero attached hydrogens (tertiary/aromatic N) is 3. The molecule has 0 saturated heterocycles. The standard InChI is InChI=1S/C15H15BrN4/c1-9(2)20-13-7-6-10(16)8-12(13)19-15(20)11-4-3-5-14(17)18-11/h3-9H,1-2H3,(H2,17,18). The molecular formula is C15H15BrN4. The van der Waals surface area contributed by atoms with Gasteiger partial charge in [0.2, 0.25) is 0 Å². The monoisotopic (exact) mass is 330 g/mol. The van der Waals surface area contributed by atoms with Crippen molar-refractivity contribution < 1.29 is 0 Å². The van der Waals surface area contributed by atoms with E-state index in [0.717, 1.165) is 27.0 Å². The summed E-state index contributed by atoms with van der Waals surface area (Å²) in [4.78, 5) is 9.11. The highest BCUT2D eigenvalue weighted by Crippen LogP contribution is 2.29. The molecule has 5 heteroatoms. The maximum absolute atomic E-state index is 5.78. The van der Waals surface area contributed by atoms with E-state index < -0.39 is 0 Å². The number of hydrogen-bond donors (Lipinski definition) is 1. The third kappa shape index (κ3) is 2.18. The maximum atomic E-state index is 5.78. The summed E-state index contributed by atoms with van der Waals surface area (Å²) in [6, 6.07) is 12.0. The molecule has 0 spiro atoms. The van der Waals surface area contributed by atoms with Gasteiger partial charge >= 0.3 is 0 Å². The molecule has 0 bridgehead atoms. The molecule has 20 heavy (non-hydrogen) atoms. The fourth-order valence-corrected chi connectivity index (χ4v) is 2.70. The summed E-state index contributed by atoms with van der Waals surface area (Å²) in [6.45, 7) is 4.28. The summed E-state index contributed by atoms with van der Waals surface area (Å²) >= 11 is 3.49. The van der Waals surface area contributed by atoms with Gasteiger partial charge in [-0.05, 0) is 44.2 Å². The van der Waals surface area contributed by atoms with Crippen molar-refractivity contribution in [1.29, 1.82) is 0 Å². The number of benzene rings is 1. The van der Waals surface area contributed by atoms with Gasteiger partial charge in [-0.3, -0.25) is 0 Å². The van der Waals surface area contributed by atoms with Crippen molar-refractivity contribution in [2.45, 2.75) is 19.9 Å². The first-order valence-electron chi connectivity index (χ1n) is 6.46. The molecule has 1 aromatic carbocycles. The molecule has 0 unspecified atom stereocenters. The zero-order valence-corrected chi connectivity index (χ0v) is 12.9. The third-order valence-corrected chi connectivity index (χ3v) is 3.66. The second-order valence-corrected chi connectivity index (χ2v) is 5.90. The van der Waals surface area contributed by atoms with Crippen LogP contribution in [0.4, 0.5) is 5.82 Å². The van der Waals surface area contributed by atoms with E-state index in [9.17, 15) is 0 Å². The lowest BCUT2D eigenvalue weighted by atomic mass is 10.2. The van der Waals surface area contributed by atoms with Gasteiger partial charge in [0.15, 0.2) is 5.82 Å². The van der Waals surface area contributed by atoms with Crippen LogP contribution in [0.15, 0.2) is 40.9 Å². The van der Waals surface area contributed by atoms with E-state index in [1.807, 2.05) is 24.3 Å². The van der Waals surface area contributed by atoms with E-state index in [1.54, 1.807) is 6.07 Å². The third-order valence-electron chi connectivity index (χ3n) is 3.17. The van der Waals surface area contributed by atoms with Crippen molar-refractivity contribution in [2.75, 3.05) is 5.73 Å². The Bertz CT molecular complexity index is 777. The number of fused-ring (bicyclic) bond motifs is 1. The minimum Gasteiger partial charge on any atom is -0.384 e. The first-order valence-corrected chi connectivity index (χ1v) is 7.26. The molecular weight excluding hydrogens is 316 g/mol. The summed E-state index contributed by atoms with van der Waals surface area (Å²) in [5.74, 6) is 1.35. The van der Waals surface area contributed by atoms with E-state index in [1.165, 1.54) is 0 Å². The molecule has 2 N–H and O–H groups in total. The largest absolute Gasteiger partial charge is 0.384 e.